The van der Waals surface area contributed by atoms with Crippen molar-refractivity contribution in [1.82, 2.24) is 5.32 Å². The molecule has 0 saturated carbocycles. The van der Waals surface area contributed by atoms with E-state index >= 15 is 0 Å². The van der Waals surface area contributed by atoms with Gasteiger partial charge in [0.25, 0.3) is 5.91 Å². The third kappa shape index (κ3) is 4.79. The normalized spacial score (nSPS) is 10.5. The number of hydrogen-bond donors (Lipinski definition) is 3. The van der Waals surface area contributed by atoms with Crippen LogP contribution in [0, 0.1) is 0 Å². The fourth-order valence-corrected chi connectivity index (χ4v) is 1.99. The van der Waals surface area contributed by atoms with E-state index in [9.17, 15) is 9.59 Å². The average molecular weight is 310 g/mol. The second-order valence-electron chi connectivity index (χ2n) is 4.88. The van der Waals surface area contributed by atoms with Crippen LogP contribution in [0.15, 0.2) is 54.6 Å². The number of carbonyl (C=O) groups excluding carboxylic acids is 2. The Bertz CT molecular complexity index is 721. The summed E-state index contributed by atoms with van der Waals surface area (Å²) in [5, 5.41) is 14.3. The summed E-state index contributed by atoms with van der Waals surface area (Å²) in [6.07, 6.45) is 3.08. The Kier molecular flexibility index (Phi) is 5.66. The Morgan fingerprint density at radius 1 is 1.13 bits per heavy atom. The van der Waals surface area contributed by atoms with Gasteiger partial charge in [0.2, 0.25) is 5.91 Å². The van der Waals surface area contributed by atoms with Gasteiger partial charge in [0.15, 0.2) is 0 Å². The van der Waals surface area contributed by atoms with Gasteiger partial charge >= 0.3 is 0 Å². The predicted molar refractivity (Wildman–Crippen MR) is 89.9 cm³/mol. The molecule has 2 aromatic rings. The molecule has 0 aliphatic heterocycles. The lowest BCUT2D eigenvalue weighted by Gasteiger charge is -2.04. The summed E-state index contributed by atoms with van der Waals surface area (Å²) >= 11 is 0. The van der Waals surface area contributed by atoms with Crippen LogP contribution in [0.4, 0.5) is 5.69 Å². The molecule has 0 fully saturated rings. The van der Waals surface area contributed by atoms with Gasteiger partial charge in [-0.2, -0.15) is 0 Å². The molecule has 5 heteroatoms. The highest BCUT2D eigenvalue weighted by molar-refractivity contribution is 6.02. The summed E-state index contributed by atoms with van der Waals surface area (Å²) in [4.78, 5) is 23.3. The minimum Gasteiger partial charge on any atom is -0.392 e. The molecule has 118 valence electrons. The average Bonchev–Trinajstić information content (AvgIpc) is 2.60. The van der Waals surface area contributed by atoms with E-state index in [2.05, 4.69) is 10.6 Å². The Morgan fingerprint density at radius 2 is 1.87 bits per heavy atom. The van der Waals surface area contributed by atoms with Crippen molar-refractivity contribution in [1.29, 1.82) is 0 Å². The van der Waals surface area contributed by atoms with Gasteiger partial charge in [-0.1, -0.05) is 24.3 Å². The minimum absolute atomic E-state index is 0.0722. The quantitative estimate of drug-likeness (QED) is 0.741. The molecule has 0 aliphatic carbocycles. The molecule has 2 rings (SSSR count). The van der Waals surface area contributed by atoms with Gasteiger partial charge in [-0.15, -0.1) is 0 Å². The molecule has 0 radical (unpaired) electrons. The molecule has 0 spiro atoms. The number of rotatable bonds is 5. The van der Waals surface area contributed by atoms with Crippen molar-refractivity contribution < 1.29 is 14.7 Å². The number of anilines is 1. The van der Waals surface area contributed by atoms with Gasteiger partial charge in [0.05, 0.1) is 6.61 Å². The summed E-state index contributed by atoms with van der Waals surface area (Å²) in [6, 6.07) is 13.9. The Hall–Kier alpha value is -2.92. The number of aliphatic hydroxyl groups is 1. The van der Waals surface area contributed by atoms with Gasteiger partial charge in [0.1, 0.15) is 0 Å². The Balaban J connectivity index is 1.99. The van der Waals surface area contributed by atoms with E-state index < -0.39 is 0 Å². The fourth-order valence-electron chi connectivity index (χ4n) is 1.99. The number of carbonyl (C=O) groups is 2. The van der Waals surface area contributed by atoms with Crippen LogP contribution in [0.2, 0.25) is 0 Å². The first-order valence-electron chi connectivity index (χ1n) is 7.13. The molecule has 0 aliphatic rings. The summed E-state index contributed by atoms with van der Waals surface area (Å²) in [7, 11) is 1.58. The molecule has 0 atom stereocenters. The first-order chi connectivity index (χ1) is 11.1. The van der Waals surface area contributed by atoms with Gasteiger partial charge < -0.3 is 15.7 Å². The first kappa shape index (κ1) is 16.5. The lowest BCUT2D eigenvalue weighted by molar-refractivity contribution is -0.111. The number of nitrogens with one attached hydrogen (secondary N) is 2. The highest BCUT2D eigenvalue weighted by Gasteiger charge is 2.02. The maximum absolute atomic E-state index is 11.9. The van der Waals surface area contributed by atoms with Crippen molar-refractivity contribution in [3.8, 4) is 0 Å². The van der Waals surface area contributed by atoms with E-state index in [1.165, 1.54) is 6.08 Å². The predicted octanol–water partition coefficient (Wildman–Crippen LogP) is 2.19. The topological polar surface area (TPSA) is 78.4 Å². The molecule has 0 heterocycles. The van der Waals surface area contributed by atoms with Crippen LogP contribution >= 0.6 is 0 Å². The summed E-state index contributed by atoms with van der Waals surface area (Å²) < 4.78 is 0. The molecular weight excluding hydrogens is 292 g/mol. The molecule has 5 nitrogen and oxygen atoms in total. The third-order valence-corrected chi connectivity index (χ3v) is 3.20. The third-order valence-electron chi connectivity index (χ3n) is 3.20. The van der Waals surface area contributed by atoms with Crippen LogP contribution in [0.25, 0.3) is 6.08 Å². The lowest BCUT2D eigenvalue weighted by Crippen LogP contribution is -2.17. The monoisotopic (exact) mass is 310 g/mol. The van der Waals surface area contributed by atoms with E-state index in [0.29, 0.717) is 11.3 Å². The molecule has 2 amide bonds. The van der Waals surface area contributed by atoms with Gasteiger partial charge in [-0.05, 0) is 41.5 Å². The van der Waals surface area contributed by atoms with Crippen molar-refractivity contribution in [2.75, 3.05) is 12.4 Å². The smallest absolute Gasteiger partial charge is 0.251 e. The first-order valence-corrected chi connectivity index (χ1v) is 7.13. The van der Waals surface area contributed by atoms with Crippen LogP contribution in [0.3, 0.4) is 0 Å². The summed E-state index contributed by atoms with van der Waals surface area (Å²) in [6.45, 7) is -0.0722. The van der Waals surface area contributed by atoms with E-state index in [1.54, 1.807) is 61.7 Å². The van der Waals surface area contributed by atoms with Crippen molar-refractivity contribution in [2.45, 2.75) is 6.61 Å². The van der Waals surface area contributed by atoms with Crippen LogP contribution in [-0.2, 0) is 11.4 Å². The number of hydrogen-bond acceptors (Lipinski definition) is 3. The highest BCUT2D eigenvalue weighted by atomic mass is 16.3. The van der Waals surface area contributed by atoms with Crippen LogP contribution in [0.5, 0.6) is 0 Å². The van der Waals surface area contributed by atoms with Crippen molar-refractivity contribution in [3.63, 3.8) is 0 Å². The molecule has 0 bridgehead atoms. The molecule has 23 heavy (non-hydrogen) atoms. The molecule has 0 aromatic heterocycles. The van der Waals surface area contributed by atoms with Crippen LogP contribution < -0.4 is 10.6 Å². The van der Waals surface area contributed by atoms with Gasteiger partial charge in [0, 0.05) is 24.4 Å². The highest BCUT2D eigenvalue weighted by Crippen LogP contribution is 2.11. The zero-order valence-corrected chi connectivity index (χ0v) is 12.7. The van der Waals surface area contributed by atoms with E-state index in [0.717, 1.165) is 11.1 Å². The lowest BCUT2D eigenvalue weighted by atomic mass is 10.1. The number of amides is 2. The zero-order chi connectivity index (χ0) is 16.7. The standard InChI is InChI=1S/C18H18N2O3/c1-19-18(23)15-8-5-13(6-9-15)7-10-17(22)20-16-4-2-3-14(11-16)12-21/h2-11,21H,12H2,1H3,(H,19,23)(H,20,22)/b10-7+. The van der Waals surface area contributed by atoms with E-state index in [4.69, 9.17) is 5.11 Å². The van der Waals surface area contributed by atoms with E-state index in [-0.39, 0.29) is 18.4 Å². The largest absolute Gasteiger partial charge is 0.392 e. The molecule has 0 unspecified atom stereocenters. The molecular formula is C18H18N2O3. The number of benzene rings is 2. The Morgan fingerprint density at radius 3 is 2.52 bits per heavy atom. The molecule has 0 saturated heterocycles. The van der Waals surface area contributed by atoms with Gasteiger partial charge in [-0.3, -0.25) is 9.59 Å². The molecule has 2 aromatic carbocycles. The summed E-state index contributed by atoms with van der Waals surface area (Å²) in [5.41, 5.74) is 2.74. The Labute approximate surface area is 134 Å². The molecule has 3 N–H and O–H groups in total. The van der Waals surface area contributed by atoms with Crippen molar-refractivity contribution in [3.05, 3.63) is 71.3 Å². The summed E-state index contributed by atoms with van der Waals surface area (Å²) in [5.74, 6) is -0.419. The van der Waals surface area contributed by atoms with Crippen LogP contribution in [0.1, 0.15) is 21.5 Å². The maximum atomic E-state index is 11.9. The maximum Gasteiger partial charge on any atom is 0.251 e. The zero-order valence-electron chi connectivity index (χ0n) is 12.7. The number of aliphatic hydroxyl groups excluding tert-OH is 1. The fraction of sp³-hybridized carbons (Fsp3) is 0.111. The SMILES string of the molecule is CNC(=O)c1ccc(/C=C/C(=O)Nc2cccc(CO)c2)cc1. The van der Waals surface area contributed by atoms with Crippen molar-refractivity contribution >= 4 is 23.6 Å². The van der Waals surface area contributed by atoms with Gasteiger partial charge in [-0.25, -0.2) is 0 Å². The second-order valence-corrected chi connectivity index (χ2v) is 4.88. The van der Waals surface area contributed by atoms with Crippen LogP contribution in [-0.4, -0.2) is 24.0 Å². The van der Waals surface area contributed by atoms with Crippen molar-refractivity contribution in [2.24, 2.45) is 0 Å². The minimum atomic E-state index is -0.268. The second kappa shape index (κ2) is 7.91. The van der Waals surface area contributed by atoms with E-state index in [1.807, 2.05) is 0 Å².